The third kappa shape index (κ3) is 2.75. The zero-order valence-corrected chi connectivity index (χ0v) is 7.93. The van der Waals surface area contributed by atoms with Crippen molar-refractivity contribution in [2.45, 2.75) is 13.8 Å². The topological polar surface area (TPSA) is 0 Å². The van der Waals surface area contributed by atoms with E-state index in [9.17, 15) is 0 Å². The second-order valence-electron chi connectivity index (χ2n) is 2.66. The summed E-state index contributed by atoms with van der Waals surface area (Å²) in [4.78, 5) is 0. The smallest absolute Gasteiger partial charge is 0.0204 e. The molecule has 0 aliphatic heterocycles. The Hall–Kier alpha value is -1.30. The molecule has 1 aromatic rings. The van der Waals surface area contributed by atoms with Crippen LogP contribution in [0.1, 0.15) is 13.8 Å². The highest BCUT2D eigenvalue weighted by molar-refractivity contribution is 5.39. The second-order valence-corrected chi connectivity index (χ2v) is 2.66. The van der Waals surface area contributed by atoms with Crippen LogP contribution in [-0.2, 0) is 0 Å². The molecule has 0 radical (unpaired) electrons. The van der Waals surface area contributed by atoms with Crippen LogP contribution in [0.2, 0.25) is 0 Å². The molecule has 1 rings (SSSR count). The first-order valence-electron chi connectivity index (χ1n) is 3.93. The molecule has 0 atom stereocenters. The minimum atomic E-state index is 1.11. The molecule has 0 aliphatic carbocycles. The maximum absolute atomic E-state index is 3.92. The average molecular weight is 160 g/mol. The monoisotopic (exact) mass is 160 g/mol. The van der Waals surface area contributed by atoms with E-state index < -0.39 is 0 Å². The molecular weight excluding hydrogens is 144 g/mol. The number of hydrogen-bond acceptors (Lipinski definition) is 0. The van der Waals surface area contributed by atoms with Gasteiger partial charge in [0, 0.05) is 0 Å². The molecule has 64 valence electrons. The minimum absolute atomic E-state index is 1.11. The van der Waals surface area contributed by atoms with Crippen molar-refractivity contribution >= 4 is 12.2 Å². The van der Waals surface area contributed by atoms with Gasteiger partial charge in [0.05, 0.1) is 0 Å². The molecule has 0 heterocycles. The summed E-state index contributed by atoms with van der Waals surface area (Å²) in [6.45, 7) is 14.1. The fourth-order valence-corrected chi connectivity index (χ4v) is 1.01. The summed E-state index contributed by atoms with van der Waals surface area (Å²) in [6.07, 6.45) is 0. The molecular formula is C12H16. The molecule has 0 heteroatoms. The molecule has 0 fully saturated rings. The van der Waals surface area contributed by atoms with E-state index in [1.807, 2.05) is 18.2 Å². The van der Waals surface area contributed by atoms with Crippen LogP contribution in [0.25, 0.3) is 12.2 Å². The van der Waals surface area contributed by atoms with Gasteiger partial charge in [0.15, 0.2) is 0 Å². The zero-order chi connectivity index (χ0) is 9.56. The Labute approximate surface area is 74.6 Å². The van der Waals surface area contributed by atoms with Crippen molar-refractivity contribution in [1.29, 1.82) is 0 Å². The first-order chi connectivity index (χ1) is 5.72. The normalized spacial score (nSPS) is 8.17. The lowest BCUT2D eigenvalue weighted by Gasteiger charge is -1.89. The van der Waals surface area contributed by atoms with E-state index in [4.69, 9.17) is 0 Å². The lowest BCUT2D eigenvalue weighted by Crippen LogP contribution is -2.23. The molecule has 0 unspecified atom stereocenters. The van der Waals surface area contributed by atoms with Crippen molar-refractivity contribution in [2.75, 3.05) is 0 Å². The zero-order valence-electron chi connectivity index (χ0n) is 7.93. The fraction of sp³-hybridized carbons (Fsp3) is 0.167. The van der Waals surface area contributed by atoms with Gasteiger partial charge >= 0.3 is 0 Å². The highest BCUT2D eigenvalue weighted by Crippen LogP contribution is 1.82. The Morgan fingerprint density at radius 3 is 1.92 bits per heavy atom. The molecule has 0 aromatic heterocycles. The van der Waals surface area contributed by atoms with Gasteiger partial charge in [-0.15, -0.1) is 13.2 Å². The van der Waals surface area contributed by atoms with Crippen LogP contribution in [0.4, 0.5) is 0 Å². The molecule has 1 aromatic carbocycles. The van der Waals surface area contributed by atoms with Crippen LogP contribution in [0, 0.1) is 0 Å². The van der Waals surface area contributed by atoms with Gasteiger partial charge in [-0.3, -0.25) is 0 Å². The van der Waals surface area contributed by atoms with E-state index in [0.717, 1.165) is 5.22 Å². The molecule has 0 saturated heterocycles. The van der Waals surface area contributed by atoms with E-state index in [0.29, 0.717) is 0 Å². The summed E-state index contributed by atoms with van der Waals surface area (Å²) in [5.41, 5.74) is 1.32. The Bertz CT molecular complexity index is 329. The highest BCUT2D eigenvalue weighted by Gasteiger charge is 1.81. The second kappa shape index (κ2) is 5.36. The largest absolute Gasteiger partial charge is 0.106 e. The molecule has 0 N–H and O–H groups in total. The first-order valence-corrected chi connectivity index (χ1v) is 3.93. The van der Waals surface area contributed by atoms with Gasteiger partial charge in [-0.2, -0.15) is 0 Å². The minimum Gasteiger partial charge on any atom is -0.106 e. The summed E-state index contributed by atoms with van der Waals surface area (Å²) < 4.78 is 0. The van der Waals surface area contributed by atoms with Crippen molar-refractivity contribution in [3.8, 4) is 0 Å². The SMILES string of the molecule is C=C.C=c1ccccc1=C(C)C. The van der Waals surface area contributed by atoms with Crippen LogP contribution < -0.4 is 10.4 Å². The summed E-state index contributed by atoms with van der Waals surface area (Å²) in [7, 11) is 0. The summed E-state index contributed by atoms with van der Waals surface area (Å²) in [6, 6.07) is 8.17. The summed E-state index contributed by atoms with van der Waals surface area (Å²) in [5, 5.41) is 2.38. The summed E-state index contributed by atoms with van der Waals surface area (Å²) in [5.74, 6) is 0. The van der Waals surface area contributed by atoms with Gasteiger partial charge in [0.2, 0.25) is 0 Å². The summed E-state index contributed by atoms with van der Waals surface area (Å²) >= 11 is 0. The van der Waals surface area contributed by atoms with Gasteiger partial charge in [0.1, 0.15) is 0 Å². The highest BCUT2D eigenvalue weighted by atomic mass is 13.9. The van der Waals surface area contributed by atoms with E-state index >= 15 is 0 Å². The van der Waals surface area contributed by atoms with E-state index in [2.05, 4.69) is 39.7 Å². The van der Waals surface area contributed by atoms with Gasteiger partial charge in [-0.1, -0.05) is 36.4 Å². The Morgan fingerprint density at radius 1 is 1.08 bits per heavy atom. The molecule has 0 spiro atoms. The van der Waals surface area contributed by atoms with E-state index in [-0.39, 0.29) is 0 Å². The lowest BCUT2D eigenvalue weighted by atomic mass is 10.2. The van der Waals surface area contributed by atoms with Crippen molar-refractivity contribution in [1.82, 2.24) is 0 Å². The standard InChI is InChI=1S/C10H12.C2H4/c1-8(2)10-7-5-4-6-9(10)3;1-2/h4-7H,3H2,1-2H3;1-2H2. The molecule has 12 heavy (non-hydrogen) atoms. The molecule has 0 nitrogen and oxygen atoms in total. The molecule has 0 amide bonds. The van der Waals surface area contributed by atoms with Gasteiger partial charge < -0.3 is 0 Å². The van der Waals surface area contributed by atoms with Crippen molar-refractivity contribution < 1.29 is 0 Å². The van der Waals surface area contributed by atoms with Crippen LogP contribution in [-0.4, -0.2) is 0 Å². The first kappa shape index (κ1) is 10.7. The van der Waals surface area contributed by atoms with Gasteiger partial charge in [-0.25, -0.2) is 0 Å². The Kier molecular flexibility index (Phi) is 4.78. The maximum atomic E-state index is 3.92. The number of rotatable bonds is 0. The number of hydrogen-bond donors (Lipinski definition) is 0. The Balaban J connectivity index is 0.000000561. The fourth-order valence-electron chi connectivity index (χ4n) is 1.01. The van der Waals surface area contributed by atoms with Crippen LogP contribution in [0.3, 0.4) is 0 Å². The van der Waals surface area contributed by atoms with Crippen LogP contribution >= 0.6 is 0 Å². The van der Waals surface area contributed by atoms with E-state index in [1.54, 1.807) is 0 Å². The third-order valence-electron chi connectivity index (χ3n) is 1.56. The van der Waals surface area contributed by atoms with Crippen molar-refractivity contribution in [3.05, 3.63) is 47.9 Å². The van der Waals surface area contributed by atoms with Crippen LogP contribution in [0.5, 0.6) is 0 Å². The predicted octanol–water partition coefficient (Wildman–Crippen LogP) is 2.09. The van der Waals surface area contributed by atoms with Gasteiger partial charge in [0.25, 0.3) is 0 Å². The van der Waals surface area contributed by atoms with Crippen molar-refractivity contribution in [3.63, 3.8) is 0 Å². The quantitative estimate of drug-likeness (QED) is 0.510. The Morgan fingerprint density at radius 2 is 1.58 bits per heavy atom. The molecule has 0 bridgehead atoms. The number of benzene rings is 1. The predicted molar refractivity (Wildman–Crippen MR) is 57.2 cm³/mol. The lowest BCUT2D eigenvalue weighted by molar-refractivity contribution is 1.44. The molecule has 0 aliphatic rings. The maximum Gasteiger partial charge on any atom is -0.0204 e. The molecule has 0 saturated carbocycles. The third-order valence-corrected chi connectivity index (χ3v) is 1.56. The average Bonchev–Trinajstić information content (AvgIpc) is 2.08. The van der Waals surface area contributed by atoms with Crippen molar-refractivity contribution in [2.24, 2.45) is 0 Å². The van der Waals surface area contributed by atoms with Gasteiger partial charge in [-0.05, 0) is 24.3 Å². The van der Waals surface area contributed by atoms with E-state index in [1.165, 1.54) is 10.8 Å². The van der Waals surface area contributed by atoms with Crippen LogP contribution in [0.15, 0.2) is 37.4 Å².